The van der Waals surface area contributed by atoms with Gasteiger partial charge in [-0.1, -0.05) is 42.1 Å². The molecule has 8 heteroatoms. The van der Waals surface area contributed by atoms with E-state index in [1.807, 2.05) is 0 Å². The highest BCUT2D eigenvalue weighted by atomic mass is 32.2. The van der Waals surface area contributed by atoms with Crippen molar-refractivity contribution in [3.63, 3.8) is 0 Å². The van der Waals surface area contributed by atoms with Crippen LogP contribution >= 0.6 is 11.8 Å². The molecule has 1 unspecified atom stereocenters. The summed E-state index contributed by atoms with van der Waals surface area (Å²) in [6.07, 6.45) is -11.8. The van der Waals surface area contributed by atoms with Crippen LogP contribution in [0.15, 0.2) is 30.3 Å². The van der Waals surface area contributed by atoms with Crippen molar-refractivity contribution < 1.29 is 31.1 Å². The van der Waals surface area contributed by atoms with E-state index in [9.17, 15) is 31.1 Å². The van der Waals surface area contributed by atoms with Crippen LogP contribution in [0.2, 0.25) is 0 Å². The average Bonchev–Trinajstić information content (AvgIpc) is 2.43. The number of thioether (sulfide) groups is 1. The summed E-state index contributed by atoms with van der Waals surface area (Å²) in [5, 5.41) is -0.303. The van der Waals surface area contributed by atoms with Crippen molar-refractivity contribution in [2.24, 2.45) is 0 Å². The maximum Gasteiger partial charge on any atom is 0.419 e. The molecule has 0 N–H and O–H groups in total. The highest BCUT2D eigenvalue weighted by Crippen LogP contribution is 2.34. The first-order chi connectivity index (χ1) is 10.1. The normalized spacial score (nSPS) is 13.9. The highest BCUT2D eigenvalue weighted by Gasteiger charge is 2.46. The van der Waals surface area contributed by atoms with Gasteiger partial charge in [-0.05, 0) is 6.42 Å². The van der Waals surface area contributed by atoms with Crippen molar-refractivity contribution in [3.8, 4) is 0 Å². The first kappa shape index (κ1) is 18.9. The van der Waals surface area contributed by atoms with Crippen LogP contribution in [-0.2, 0) is 0 Å². The van der Waals surface area contributed by atoms with Gasteiger partial charge in [0.15, 0.2) is 0 Å². The second kappa shape index (κ2) is 7.89. The molecule has 22 heavy (non-hydrogen) atoms. The van der Waals surface area contributed by atoms with Crippen molar-refractivity contribution in [2.75, 3.05) is 5.75 Å². The van der Waals surface area contributed by atoms with Crippen molar-refractivity contribution in [3.05, 3.63) is 35.9 Å². The van der Waals surface area contributed by atoms with Crippen LogP contribution in [0.25, 0.3) is 0 Å². The molecule has 0 heterocycles. The van der Waals surface area contributed by atoms with Crippen LogP contribution in [0.4, 0.5) is 26.3 Å². The molecule has 0 amide bonds. The van der Waals surface area contributed by atoms with Gasteiger partial charge in [-0.2, -0.15) is 13.2 Å². The third-order valence-corrected chi connectivity index (χ3v) is 3.75. The minimum Gasteiger partial charge on any atom is -0.282 e. The Hall–Kier alpha value is -1.18. The van der Waals surface area contributed by atoms with Crippen LogP contribution in [0.3, 0.4) is 0 Å². The second-order valence-electron chi connectivity index (χ2n) is 4.67. The molecule has 0 aliphatic heterocycles. The fraction of sp³-hybridized carbons (Fsp3) is 0.500. The molecule has 1 aromatic carbocycles. The zero-order valence-electron chi connectivity index (χ0n) is 11.4. The van der Waals surface area contributed by atoms with Crippen LogP contribution in [0, 0.1) is 0 Å². The van der Waals surface area contributed by atoms with Crippen molar-refractivity contribution in [1.29, 1.82) is 0 Å². The van der Waals surface area contributed by atoms with Gasteiger partial charge in [-0.25, -0.2) is 13.2 Å². The summed E-state index contributed by atoms with van der Waals surface area (Å²) >= 11 is 0.806. The molecule has 0 aromatic heterocycles. The molecule has 0 bridgehead atoms. The molecule has 0 fully saturated rings. The van der Waals surface area contributed by atoms with E-state index in [0.717, 1.165) is 11.8 Å². The average molecular weight is 344 g/mol. The Balaban J connectivity index is 2.33. The third kappa shape index (κ3) is 6.72. The van der Waals surface area contributed by atoms with E-state index in [2.05, 4.69) is 0 Å². The van der Waals surface area contributed by atoms with Crippen molar-refractivity contribution in [1.82, 2.24) is 0 Å². The lowest BCUT2D eigenvalue weighted by Gasteiger charge is -2.20. The van der Waals surface area contributed by atoms with Gasteiger partial charge >= 0.3 is 6.18 Å². The Morgan fingerprint density at radius 2 is 1.68 bits per heavy atom. The molecule has 0 aliphatic rings. The van der Waals surface area contributed by atoms with E-state index < -0.39 is 31.1 Å². The maximum atomic E-state index is 13.2. The van der Waals surface area contributed by atoms with Gasteiger partial charge in [-0.15, -0.1) is 0 Å². The predicted molar refractivity (Wildman–Crippen MR) is 73.0 cm³/mol. The Bertz CT molecular complexity index is 474. The van der Waals surface area contributed by atoms with Gasteiger partial charge in [0.25, 0.3) is 5.92 Å². The summed E-state index contributed by atoms with van der Waals surface area (Å²) in [7, 11) is 0. The van der Waals surface area contributed by atoms with Crippen LogP contribution < -0.4 is 0 Å². The lowest BCUT2D eigenvalue weighted by Crippen LogP contribution is -2.32. The fourth-order valence-corrected chi connectivity index (χ4v) is 2.41. The molecule has 124 valence electrons. The van der Waals surface area contributed by atoms with E-state index >= 15 is 0 Å². The first-order valence-electron chi connectivity index (χ1n) is 6.42. The molecule has 0 saturated carbocycles. The summed E-state index contributed by atoms with van der Waals surface area (Å²) in [6.45, 7) is 0. The number of hydrogen-bond donors (Lipinski definition) is 0. The quantitative estimate of drug-likeness (QED) is 0.495. The molecule has 1 nitrogen and oxygen atoms in total. The molecular formula is C14H14F6OS. The Morgan fingerprint density at radius 1 is 1.09 bits per heavy atom. The summed E-state index contributed by atoms with van der Waals surface area (Å²) in [4.78, 5) is 11.6. The summed E-state index contributed by atoms with van der Waals surface area (Å²) < 4.78 is 74.7. The summed E-state index contributed by atoms with van der Waals surface area (Å²) in [5.74, 6) is -3.71. The SMILES string of the molecule is O=C(SCCCC(F)(F)CC(F)C(F)(F)F)c1ccccc1. The largest absolute Gasteiger partial charge is 0.419 e. The van der Waals surface area contributed by atoms with E-state index in [-0.39, 0.29) is 17.3 Å². The van der Waals surface area contributed by atoms with Crippen molar-refractivity contribution in [2.45, 2.75) is 37.5 Å². The van der Waals surface area contributed by atoms with Crippen molar-refractivity contribution >= 4 is 16.9 Å². The molecule has 1 rings (SSSR count). The molecule has 1 atom stereocenters. The van der Waals surface area contributed by atoms with Crippen LogP contribution in [-0.4, -0.2) is 29.1 Å². The lowest BCUT2D eigenvalue weighted by atomic mass is 10.1. The summed E-state index contributed by atoms with van der Waals surface area (Å²) in [5.41, 5.74) is 0.417. The highest BCUT2D eigenvalue weighted by molar-refractivity contribution is 8.14. The number of rotatable bonds is 7. The zero-order valence-corrected chi connectivity index (χ0v) is 12.2. The number of carbonyl (C=O) groups excluding carboxylic acids is 1. The molecule has 0 spiro atoms. The van der Waals surface area contributed by atoms with E-state index in [0.29, 0.717) is 5.56 Å². The van der Waals surface area contributed by atoms with E-state index in [1.54, 1.807) is 30.3 Å². The minimum absolute atomic E-state index is 0.0340. The van der Waals surface area contributed by atoms with Gasteiger partial charge in [0.05, 0.1) is 6.42 Å². The standard InChI is InChI=1S/C14H14F6OS/c15-11(14(18,19)20)9-13(16,17)7-4-8-22-12(21)10-5-2-1-3-6-10/h1-3,5-6,11H,4,7-9H2. The van der Waals surface area contributed by atoms with Gasteiger partial charge in [0, 0.05) is 17.7 Å². The van der Waals surface area contributed by atoms with E-state index in [1.165, 1.54) is 0 Å². The number of alkyl halides is 6. The van der Waals surface area contributed by atoms with Gasteiger partial charge in [-0.3, -0.25) is 4.79 Å². The molecule has 0 aliphatic carbocycles. The minimum atomic E-state index is -5.28. The fourth-order valence-electron chi connectivity index (χ4n) is 1.63. The van der Waals surface area contributed by atoms with Crippen LogP contribution in [0.1, 0.15) is 29.6 Å². The second-order valence-corrected chi connectivity index (χ2v) is 5.74. The summed E-state index contributed by atoms with van der Waals surface area (Å²) in [6, 6.07) is 8.17. The Kier molecular flexibility index (Phi) is 6.77. The Morgan fingerprint density at radius 3 is 2.23 bits per heavy atom. The number of benzene rings is 1. The zero-order chi connectivity index (χ0) is 16.8. The van der Waals surface area contributed by atoms with Gasteiger partial charge in [0.2, 0.25) is 11.3 Å². The topological polar surface area (TPSA) is 17.1 Å². The molecule has 1 aromatic rings. The lowest BCUT2D eigenvalue weighted by molar-refractivity contribution is -0.199. The van der Waals surface area contributed by atoms with Gasteiger partial charge in [0.1, 0.15) is 0 Å². The van der Waals surface area contributed by atoms with Gasteiger partial charge < -0.3 is 0 Å². The first-order valence-corrected chi connectivity index (χ1v) is 7.41. The smallest absolute Gasteiger partial charge is 0.282 e. The predicted octanol–water partition coefficient (Wildman–Crippen LogP) is 5.27. The number of carbonyl (C=O) groups is 1. The maximum absolute atomic E-state index is 13.2. The Labute approximate surface area is 128 Å². The molecule has 0 radical (unpaired) electrons. The third-order valence-electron chi connectivity index (χ3n) is 2.76. The molecular weight excluding hydrogens is 330 g/mol. The molecule has 0 saturated heterocycles. The number of halogens is 6. The monoisotopic (exact) mass is 344 g/mol. The van der Waals surface area contributed by atoms with Crippen LogP contribution in [0.5, 0.6) is 0 Å². The number of hydrogen-bond acceptors (Lipinski definition) is 2. The van der Waals surface area contributed by atoms with E-state index in [4.69, 9.17) is 0 Å².